The molecular weight excluding hydrogens is 900 g/mol. The fraction of sp³-hybridized carbons (Fsp3) is 0.694. The largest absolute Gasteiger partial charge is 0.756 e. The summed E-state index contributed by atoms with van der Waals surface area (Å²) in [6.07, 6.45) is 76.0. The lowest BCUT2D eigenvalue weighted by Crippen LogP contribution is -2.45. The van der Waals surface area contributed by atoms with Crippen molar-refractivity contribution in [2.75, 3.05) is 40.9 Å². The second-order valence-corrected chi connectivity index (χ2v) is 21.7. The topological polar surface area (TPSA) is 108 Å². The molecule has 0 rings (SSSR count). The maximum absolute atomic E-state index is 13.0. The summed E-state index contributed by atoms with van der Waals surface area (Å²) in [4.78, 5) is 25.5. The molecule has 8 nitrogen and oxygen atoms in total. The number of hydrogen-bond acceptors (Lipinski definition) is 6. The Hall–Kier alpha value is -2.84. The van der Waals surface area contributed by atoms with E-state index in [1.54, 1.807) is 6.08 Å². The minimum Gasteiger partial charge on any atom is -0.756 e. The molecule has 1 amide bonds. The van der Waals surface area contributed by atoms with E-state index in [1.165, 1.54) is 122 Å². The standard InChI is InChI=1S/C62H109N2O6P/c1-6-8-10-12-14-16-18-20-22-24-25-26-27-28-29-30-31-32-33-34-35-36-37-38-39-40-42-44-46-48-50-52-54-56-62(66)63-60(59-70-71(67,68)69-58-57-64(3,4)5)61(65)55-53-51-49-47-45-43-41-23-21-19-17-15-13-11-9-7-2/h8,10,14,16,20-23,25-26,28-29,31-32,45,47,53,55,60-61,65H,6-7,9,11-13,15,17-19,24,27,30,33-44,46,48-52,54,56-59H2,1-5H3,(H-,63,66,67,68)/b10-8-,16-14-,22-20-,23-21+,26-25-,29-28-,32-31-,47-45+,55-53+. The number of rotatable bonds is 51. The average Bonchev–Trinajstić information content (AvgIpc) is 3.33. The van der Waals surface area contributed by atoms with Crippen LogP contribution in [0, 0.1) is 0 Å². The lowest BCUT2D eigenvalue weighted by Gasteiger charge is -2.29. The number of hydrogen-bond donors (Lipinski definition) is 2. The van der Waals surface area contributed by atoms with Crippen LogP contribution in [0.1, 0.15) is 226 Å². The van der Waals surface area contributed by atoms with Crippen LogP contribution in [0.5, 0.6) is 0 Å². The molecule has 3 unspecified atom stereocenters. The molecule has 2 N–H and O–H groups in total. The van der Waals surface area contributed by atoms with Crippen LogP contribution in [0.3, 0.4) is 0 Å². The Morgan fingerprint density at radius 2 is 0.873 bits per heavy atom. The van der Waals surface area contributed by atoms with Gasteiger partial charge in [0.25, 0.3) is 7.82 Å². The Morgan fingerprint density at radius 1 is 0.507 bits per heavy atom. The quantitative estimate of drug-likeness (QED) is 0.0272. The molecule has 0 aliphatic carbocycles. The van der Waals surface area contributed by atoms with E-state index < -0.39 is 26.6 Å². The minimum atomic E-state index is -4.61. The molecule has 0 heterocycles. The number of allylic oxidation sites excluding steroid dienone is 17. The zero-order chi connectivity index (χ0) is 52.0. The Labute approximate surface area is 438 Å². The number of aliphatic hydroxyl groups is 1. The van der Waals surface area contributed by atoms with Crippen LogP contribution in [0.4, 0.5) is 0 Å². The van der Waals surface area contributed by atoms with Crippen LogP contribution in [-0.4, -0.2) is 68.5 Å². The Balaban J connectivity index is 4.17. The summed E-state index contributed by atoms with van der Waals surface area (Å²) in [7, 11) is 1.22. The summed E-state index contributed by atoms with van der Waals surface area (Å²) < 4.78 is 23.3. The number of likely N-dealkylation sites (N-methyl/N-ethyl adjacent to an activating group) is 1. The predicted molar refractivity (Wildman–Crippen MR) is 306 cm³/mol. The number of carbonyl (C=O) groups is 1. The van der Waals surface area contributed by atoms with Crippen LogP contribution < -0.4 is 10.2 Å². The van der Waals surface area contributed by atoms with E-state index in [0.29, 0.717) is 17.4 Å². The van der Waals surface area contributed by atoms with Crippen molar-refractivity contribution in [2.24, 2.45) is 0 Å². The first kappa shape index (κ1) is 68.2. The maximum atomic E-state index is 13.0. The lowest BCUT2D eigenvalue weighted by molar-refractivity contribution is -0.870. The lowest BCUT2D eigenvalue weighted by atomic mass is 10.0. The third-order valence-electron chi connectivity index (χ3n) is 12.2. The monoisotopic (exact) mass is 1010 g/mol. The van der Waals surface area contributed by atoms with Crippen molar-refractivity contribution < 1.29 is 32.9 Å². The number of carbonyl (C=O) groups excluding carboxylic acids is 1. The summed E-state index contributed by atoms with van der Waals surface area (Å²) in [5.74, 6) is -0.216. The predicted octanol–water partition coefficient (Wildman–Crippen LogP) is 17.0. The molecule has 408 valence electrons. The SMILES string of the molecule is CC/C=C\C/C=C\C/C=C\C/C=C\C/C=C\C/C=C\CCCCCCCCCCCCCCCCC(=O)NC(COP(=O)([O-])OCC[N+](C)(C)C)C(O)/C=C/CC/C=C/CC/C=C/CCCCCCCC. The van der Waals surface area contributed by atoms with Gasteiger partial charge in [0, 0.05) is 6.42 Å². The van der Waals surface area contributed by atoms with Crippen LogP contribution >= 0.6 is 7.82 Å². The number of amides is 1. The molecule has 0 aliphatic rings. The molecule has 0 aromatic carbocycles. The van der Waals surface area contributed by atoms with E-state index in [-0.39, 0.29) is 12.5 Å². The van der Waals surface area contributed by atoms with Gasteiger partial charge in [-0.05, 0) is 96.3 Å². The van der Waals surface area contributed by atoms with Crippen molar-refractivity contribution in [3.8, 4) is 0 Å². The van der Waals surface area contributed by atoms with Gasteiger partial charge in [-0.1, -0.05) is 232 Å². The molecule has 0 radical (unpaired) electrons. The normalized spacial score (nSPS) is 14.7. The molecule has 0 aliphatic heterocycles. The average molecular weight is 1010 g/mol. The van der Waals surface area contributed by atoms with Crippen molar-refractivity contribution in [1.29, 1.82) is 0 Å². The van der Waals surface area contributed by atoms with Gasteiger partial charge in [0.2, 0.25) is 5.91 Å². The van der Waals surface area contributed by atoms with Crippen LogP contribution in [0.2, 0.25) is 0 Å². The highest BCUT2D eigenvalue weighted by molar-refractivity contribution is 7.45. The molecule has 3 atom stereocenters. The van der Waals surface area contributed by atoms with Crippen LogP contribution in [0.25, 0.3) is 0 Å². The van der Waals surface area contributed by atoms with Gasteiger partial charge < -0.3 is 28.8 Å². The van der Waals surface area contributed by atoms with Crippen molar-refractivity contribution >= 4 is 13.7 Å². The minimum absolute atomic E-state index is 0.0134. The van der Waals surface area contributed by atoms with E-state index >= 15 is 0 Å². The van der Waals surface area contributed by atoms with Gasteiger partial charge in [0.1, 0.15) is 13.2 Å². The number of phosphoric ester groups is 1. The van der Waals surface area contributed by atoms with Crippen molar-refractivity contribution in [2.45, 2.75) is 238 Å². The number of quaternary nitrogens is 1. The van der Waals surface area contributed by atoms with Gasteiger partial charge in [-0.25, -0.2) is 0 Å². The van der Waals surface area contributed by atoms with E-state index in [2.05, 4.69) is 116 Å². The van der Waals surface area contributed by atoms with E-state index in [0.717, 1.165) is 83.5 Å². The van der Waals surface area contributed by atoms with Gasteiger partial charge in [-0.15, -0.1) is 0 Å². The molecular formula is C62H109N2O6P. The third-order valence-corrected chi connectivity index (χ3v) is 13.2. The maximum Gasteiger partial charge on any atom is 0.268 e. The Morgan fingerprint density at radius 3 is 1.31 bits per heavy atom. The van der Waals surface area contributed by atoms with E-state index in [1.807, 2.05) is 27.2 Å². The molecule has 0 fully saturated rings. The molecule has 0 aromatic heterocycles. The molecule has 0 saturated heterocycles. The number of aliphatic hydroxyl groups excluding tert-OH is 1. The first-order chi connectivity index (χ1) is 34.5. The molecule has 9 heteroatoms. The van der Waals surface area contributed by atoms with Gasteiger partial charge in [0.05, 0.1) is 39.9 Å². The summed E-state index contributed by atoms with van der Waals surface area (Å²) in [6, 6.07) is -0.916. The second kappa shape index (κ2) is 52.0. The molecule has 0 spiro atoms. The first-order valence-corrected chi connectivity index (χ1v) is 30.2. The zero-order valence-electron chi connectivity index (χ0n) is 46.4. The third kappa shape index (κ3) is 54.8. The number of nitrogens with zero attached hydrogens (tertiary/aromatic N) is 1. The molecule has 71 heavy (non-hydrogen) atoms. The molecule has 0 aromatic rings. The number of phosphoric acid groups is 1. The smallest absolute Gasteiger partial charge is 0.268 e. The summed E-state index contributed by atoms with van der Waals surface area (Å²) in [6.45, 7) is 4.49. The van der Waals surface area contributed by atoms with Gasteiger partial charge in [-0.2, -0.15) is 0 Å². The fourth-order valence-electron chi connectivity index (χ4n) is 7.72. The van der Waals surface area contributed by atoms with E-state index in [4.69, 9.17) is 9.05 Å². The zero-order valence-corrected chi connectivity index (χ0v) is 47.3. The fourth-order valence-corrected chi connectivity index (χ4v) is 8.44. The number of nitrogens with one attached hydrogen (secondary N) is 1. The van der Waals surface area contributed by atoms with Crippen molar-refractivity contribution in [1.82, 2.24) is 5.32 Å². The van der Waals surface area contributed by atoms with Crippen molar-refractivity contribution in [3.05, 3.63) is 109 Å². The summed E-state index contributed by atoms with van der Waals surface area (Å²) >= 11 is 0. The van der Waals surface area contributed by atoms with Crippen LogP contribution in [-0.2, 0) is 18.4 Å². The van der Waals surface area contributed by atoms with E-state index in [9.17, 15) is 19.4 Å². The number of unbranched alkanes of at least 4 members (excludes halogenated alkanes) is 22. The van der Waals surface area contributed by atoms with Gasteiger partial charge >= 0.3 is 0 Å². The highest BCUT2D eigenvalue weighted by Gasteiger charge is 2.23. The van der Waals surface area contributed by atoms with Gasteiger partial charge in [-0.3, -0.25) is 9.36 Å². The summed E-state index contributed by atoms with van der Waals surface area (Å²) in [5.41, 5.74) is 0. The van der Waals surface area contributed by atoms with Crippen molar-refractivity contribution in [3.63, 3.8) is 0 Å². The molecule has 0 saturated carbocycles. The van der Waals surface area contributed by atoms with Gasteiger partial charge in [0.15, 0.2) is 0 Å². The Kier molecular flexibility index (Phi) is 50.0. The second-order valence-electron chi connectivity index (χ2n) is 20.2. The Bertz CT molecular complexity index is 1520. The molecule has 0 bridgehead atoms. The first-order valence-electron chi connectivity index (χ1n) is 28.7. The highest BCUT2D eigenvalue weighted by atomic mass is 31.2. The van der Waals surface area contributed by atoms with Crippen LogP contribution in [0.15, 0.2) is 109 Å². The highest BCUT2D eigenvalue weighted by Crippen LogP contribution is 2.38. The summed E-state index contributed by atoms with van der Waals surface area (Å²) in [5, 5.41) is 13.8.